The van der Waals surface area contributed by atoms with Gasteiger partial charge in [0.1, 0.15) is 0 Å². The first-order valence-electron chi connectivity index (χ1n) is 9.70. The number of alkyl halides is 3. The van der Waals surface area contributed by atoms with E-state index in [1.165, 1.54) is 5.57 Å². The third-order valence-electron chi connectivity index (χ3n) is 6.15. The Morgan fingerprint density at radius 2 is 2.08 bits per heavy atom. The minimum Gasteiger partial charge on any atom is -0.392 e. The smallest absolute Gasteiger partial charge is 0.390 e. The number of halogens is 3. The second-order valence-corrected chi connectivity index (χ2v) is 8.16. The molecule has 2 heterocycles. The Hall–Kier alpha value is -1.08. The van der Waals surface area contributed by atoms with Crippen LogP contribution in [0.4, 0.5) is 13.2 Å². The third kappa shape index (κ3) is 4.80. The average molecular weight is 374 g/mol. The molecule has 2 fully saturated rings. The van der Waals surface area contributed by atoms with Crippen molar-refractivity contribution in [1.82, 2.24) is 9.80 Å². The van der Waals surface area contributed by atoms with E-state index < -0.39 is 24.1 Å². The van der Waals surface area contributed by atoms with Crippen molar-refractivity contribution in [2.45, 2.75) is 63.6 Å². The summed E-state index contributed by atoms with van der Waals surface area (Å²) in [6, 6.07) is 0. The van der Waals surface area contributed by atoms with E-state index in [0.29, 0.717) is 39.0 Å². The Balaban J connectivity index is 1.61. The van der Waals surface area contributed by atoms with Crippen LogP contribution in [0, 0.1) is 5.41 Å². The van der Waals surface area contributed by atoms with Gasteiger partial charge in [-0.15, -0.1) is 0 Å². The quantitative estimate of drug-likeness (QED) is 0.769. The molecule has 3 rings (SSSR count). The van der Waals surface area contributed by atoms with Crippen molar-refractivity contribution in [3.05, 3.63) is 11.6 Å². The van der Waals surface area contributed by atoms with E-state index in [0.717, 1.165) is 32.1 Å². The number of piperidine rings is 2. The monoisotopic (exact) mass is 374 g/mol. The Kier molecular flexibility index (Phi) is 5.97. The summed E-state index contributed by atoms with van der Waals surface area (Å²) in [5, 5.41) is 10.6. The zero-order valence-electron chi connectivity index (χ0n) is 15.2. The molecule has 26 heavy (non-hydrogen) atoms. The molecule has 2 atom stereocenters. The topological polar surface area (TPSA) is 43.8 Å². The van der Waals surface area contributed by atoms with Crippen LogP contribution >= 0.6 is 0 Å². The van der Waals surface area contributed by atoms with Gasteiger partial charge in [0.25, 0.3) is 0 Å². The van der Waals surface area contributed by atoms with Crippen LogP contribution in [0.1, 0.15) is 51.4 Å². The average Bonchev–Trinajstić information content (AvgIpc) is 3.08. The van der Waals surface area contributed by atoms with Crippen molar-refractivity contribution in [3.8, 4) is 0 Å². The van der Waals surface area contributed by atoms with E-state index in [2.05, 4.69) is 6.08 Å². The molecule has 0 radical (unpaired) electrons. The van der Waals surface area contributed by atoms with Gasteiger partial charge in [0, 0.05) is 44.6 Å². The van der Waals surface area contributed by atoms with E-state index in [4.69, 9.17) is 0 Å². The highest BCUT2D eigenvalue weighted by Crippen LogP contribution is 2.39. The molecular weight excluding hydrogens is 345 g/mol. The first-order chi connectivity index (χ1) is 12.3. The summed E-state index contributed by atoms with van der Waals surface area (Å²) in [5.41, 5.74) is 0.715. The second kappa shape index (κ2) is 7.89. The summed E-state index contributed by atoms with van der Waals surface area (Å²) in [4.78, 5) is 16.3. The lowest BCUT2D eigenvalue weighted by molar-refractivity contribution is -0.148. The van der Waals surface area contributed by atoms with Gasteiger partial charge in [0.2, 0.25) is 5.91 Å². The summed E-state index contributed by atoms with van der Waals surface area (Å²) < 4.78 is 37.6. The number of aliphatic hydroxyl groups excluding tert-OH is 1. The lowest BCUT2D eigenvalue weighted by Crippen LogP contribution is -2.60. The number of likely N-dealkylation sites (tertiary alicyclic amines) is 2. The summed E-state index contributed by atoms with van der Waals surface area (Å²) in [7, 11) is 0. The van der Waals surface area contributed by atoms with Gasteiger partial charge in [0.15, 0.2) is 0 Å². The van der Waals surface area contributed by atoms with Crippen LogP contribution in [0.25, 0.3) is 0 Å². The van der Waals surface area contributed by atoms with Crippen LogP contribution in [-0.4, -0.2) is 65.8 Å². The number of hydrogen-bond acceptors (Lipinski definition) is 3. The highest BCUT2D eigenvalue weighted by Gasteiger charge is 2.46. The fraction of sp³-hybridized carbons (Fsp3) is 0.842. The zero-order valence-corrected chi connectivity index (χ0v) is 15.2. The fourth-order valence-corrected chi connectivity index (χ4v) is 4.69. The number of allylic oxidation sites excluding steroid dienone is 1. The Bertz CT molecular complexity index is 549. The maximum Gasteiger partial charge on any atom is 0.390 e. The van der Waals surface area contributed by atoms with Crippen LogP contribution in [-0.2, 0) is 4.79 Å². The highest BCUT2D eigenvalue weighted by molar-refractivity contribution is 5.79. The Labute approximate surface area is 153 Å². The highest BCUT2D eigenvalue weighted by atomic mass is 19.4. The number of carbonyl (C=O) groups is 1. The number of nitrogens with zero attached hydrogens (tertiary/aromatic N) is 2. The number of hydrogen-bond donors (Lipinski definition) is 1. The second-order valence-electron chi connectivity index (χ2n) is 8.16. The maximum atomic E-state index is 12.7. The lowest BCUT2D eigenvalue weighted by atomic mass is 9.71. The number of rotatable bonds is 4. The van der Waals surface area contributed by atoms with Crippen molar-refractivity contribution in [2.24, 2.45) is 5.41 Å². The molecule has 0 aromatic rings. The van der Waals surface area contributed by atoms with Crippen molar-refractivity contribution < 1.29 is 23.1 Å². The van der Waals surface area contributed by atoms with Gasteiger partial charge < -0.3 is 14.9 Å². The van der Waals surface area contributed by atoms with Crippen molar-refractivity contribution >= 4 is 5.91 Å². The molecule has 2 aliphatic heterocycles. The predicted octanol–water partition coefficient (Wildman–Crippen LogP) is 3.11. The van der Waals surface area contributed by atoms with E-state index >= 15 is 0 Å². The van der Waals surface area contributed by atoms with E-state index in [-0.39, 0.29) is 12.5 Å². The molecular formula is C19H29F3N2O2. The third-order valence-corrected chi connectivity index (χ3v) is 6.15. The largest absolute Gasteiger partial charge is 0.392 e. The van der Waals surface area contributed by atoms with Gasteiger partial charge >= 0.3 is 6.18 Å². The first kappa shape index (κ1) is 19.7. The summed E-state index contributed by atoms with van der Waals surface area (Å²) in [6.07, 6.45) is 2.24. The molecule has 3 aliphatic rings. The predicted molar refractivity (Wildman–Crippen MR) is 92.5 cm³/mol. The molecule has 1 spiro atoms. The standard InChI is InChI=1S/C19H29F3N2O2/c20-19(21,22)8-11-23-10-6-16(25)18(13-23)7-3-9-24(14-18)17(26)12-15-4-1-2-5-15/h4,16,25H,1-3,5-14H2/t16-,18-/m1/s1. The molecule has 2 saturated heterocycles. The maximum absolute atomic E-state index is 12.7. The molecule has 0 aromatic heterocycles. The molecule has 1 aliphatic carbocycles. The molecule has 0 unspecified atom stereocenters. The van der Waals surface area contributed by atoms with Gasteiger partial charge in [0.05, 0.1) is 12.5 Å². The van der Waals surface area contributed by atoms with Crippen LogP contribution in [0.2, 0.25) is 0 Å². The molecule has 0 bridgehead atoms. The van der Waals surface area contributed by atoms with Crippen LogP contribution in [0.3, 0.4) is 0 Å². The molecule has 148 valence electrons. The zero-order chi connectivity index (χ0) is 18.8. The molecule has 0 saturated carbocycles. The van der Waals surface area contributed by atoms with Crippen LogP contribution in [0.15, 0.2) is 11.6 Å². The van der Waals surface area contributed by atoms with Crippen LogP contribution < -0.4 is 0 Å². The molecule has 1 N–H and O–H groups in total. The molecule has 1 amide bonds. The van der Waals surface area contributed by atoms with Gasteiger partial charge in [-0.1, -0.05) is 11.6 Å². The Morgan fingerprint density at radius 1 is 1.27 bits per heavy atom. The minimum absolute atomic E-state index is 0.0290. The van der Waals surface area contributed by atoms with Crippen molar-refractivity contribution in [3.63, 3.8) is 0 Å². The minimum atomic E-state index is -4.16. The normalized spacial score (nSPS) is 30.7. The summed E-state index contributed by atoms with van der Waals surface area (Å²) >= 11 is 0. The number of carbonyl (C=O) groups excluding carboxylic acids is 1. The lowest BCUT2D eigenvalue weighted by Gasteiger charge is -2.51. The van der Waals surface area contributed by atoms with E-state index in [1.807, 2.05) is 9.80 Å². The van der Waals surface area contributed by atoms with E-state index in [9.17, 15) is 23.1 Å². The van der Waals surface area contributed by atoms with Crippen molar-refractivity contribution in [1.29, 1.82) is 0 Å². The molecule has 7 heteroatoms. The van der Waals surface area contributed by atoms with Gasteiger partial charge in [-0.25, -0.2) is 0 Å². The van der Waals surface area contributed by atoms with Crippen molar-refractivity contribution in [2.75, 3.05) is 32.7 Å². The first-order valence-corrected chi connectivity index (χ1v) is 9.70. The summed E-state index contributed by atoms with van der Waals surface area (Å²) in [6.45, 7) is 2.04. The Morgan fingerprint density at radius 3 is 2.77 bits per heavy atom. The molecule has 4 nitrogen and oxygen atoms in total. The van der Waals surface area contributed by atoms with Gasteiger partial charge in [-0.05, 0) is 38.5 Å². The van der Waals surface area contributed by atoms with Gasteiger partial charge in [-0.2, -0.15) is 13.2 Å². The van der Waals surface area contributed by atoms with Crippen LogP contribution in [0.5, 0.6) is 0 Å². The summed E-state index contributed by atoms with van der Waals surface area (Å²) in [5.74, 6) is 0.0943. The van der Waals surface area contributed by atoms with Gasteiger partial charge in [-0.3, -0.25) is 4.79 Å². The SMILES string of the molecule is O=C(CC1=CCCC1)N1CCC[C@@]2(CN(CCC(F)(F)F)CC[C@H]2O)C1. The molecule has 0 aromatic carbocycles. The number of amides is 1. The fourth-order valence-electron chi connectivity index (χ4n) is 4.69. The number of aliphatic hydroxyl groups is 1. The van der Waals surface area contributed by atoms with E-state index in [1.54, 1.807) is 0 Å².